The summed E-state index contributed by atoms with van der Waals surface area (Å²) >= 11 is 0. The molecular formula is C14H19FO10. The van der Waals surface area contributed by atoms with Crippen molar-refractivity contribution >= 4 is 23.1 Å². The average molecular weight is 366 g/mol. The van der Waals surface area contributed by atoms with Crippen LogP contribution < -0.4 is 0 Å². The number of aliphatic hydroxyl groups excluding tert-OH is 1. The van der Waals surface area contributed by atoms with Crippen LogP contribution in [0, 0.1) is 0 Å². The number of rotatable bonds is 5. The molecule has 11 heteroatoms. The molecule has 0 saturated carbocycles. The van der Waals surface area contributed by atoms with E-state index in [2.05, 4.69) is 4.74 Å². The van der Waals surface area contributed by atoms with E-state index in [9.17, 15) is 49.1 Å². The van der Waals surface area contributed by atoms with E-state index in [4.69, 9.17) is 0 Å². The lowest BCUT2D eigenvalue weighted by molar-refractivity contribution is -0.466. The van der Waals surface area contributed by atoms with Crippen molar-refractivity contribution in [1.82, 2.24) is 0 Å². The van der Waals surface area contributed by atoms with Crippen LogP contribution in [0.1, 0.15) is 27.7 Å². The monoisotopic (exact) mass is 366 g/mol. The molecule has 5 N–H and O–H groups in total. The van der Waals surface area contributed by atoms with Gasteiger partial charge in [0.2, 0.25) is 16.8 Å². The third-order valence-corrected chi connectivity index (χ3v) is 4.71. The minimum atomic E-state index is -4.63. The summed E-state index contributed by atoms with van der Waals surface area (Å²) in [5, 5.41) is 51.3. The summed E-state index contributed by atoms with van der Waals surface area (Å²) in [5.41, 5.74) is -15.5. The minimum Gasteiger partial charge on any atom is -0.393 e. The zero-order chi connectivity index (χ0) is 20.2. The quantitative estimate of drug-likeness (QED) is 0.335. The SMILES string of the molecule is CC(=O)[C@]1(O)[C@@](O)(C(C)=O)[C@@](O)(C(C)=O)C(O)(F)O[C@@]1(CO)C(C)=O. The van der Waals surface area contributed by atoms with Gasteiger partial charge in [0.25, 0.3) is 0 Å². The second-order valence-electron chi connectivity index (χ2n) is 6.00. The van der Waals surface area contributed by atoms with E-state index in [-0.39, 0.29) is 0 Å². The standard InChI is InChI=1S/C14H19FO10/c1-6(17)10(5-16)11(21,7(2)18)12(22,8(3)19)13(23,9(4)20)14(15,24)25-10/h16,21-24H,5H2,1-4H3/t10-,11+,12-,13-,14?/m0/s1. The molecule has 1 heterocycles. The molecule has 1 saturated heterocycles. The van der Waals surface area contributed by atoms with Gasteiger partial charge < -0.3 is 30.3 Å². The lowest BCUT2D eigenvalue weighted by Crippen LogP contribution is -2.93. The second kappa shape index (κ2) is 5.69. The summed E-state index contributed by atoms with van der Waals surface area (Å²) in [6.45, 7) is 0.342. The maximum absolute atomic E-state index is 14.7. The van der Waals surface area contributed by atoms with E-state index >= 15 is 0 Å². The molecule has 0 radical (unpaired) electrons. The highest BCUT2D eigenvalue weighted by Crippen LogP contribution is 2.55. The fraction of sp³-hybridized carbons (Fsp3) is 0.714. The average Bonchev–Trinajstić information content (AvgIpc) is 2.47. The first kappa shape index (κ1) is 21.4. The molecule has 1 unspecified atom stereocenters. The molecule has 0 aromatic rings. The lowest BCUT2D eigenvalue weighted by atomic mass is 9.55. The van der Waals surface area contributed by atoms with E-state index in [0.717, 1.165) is 0 Å². The number of hydrogen-bond acceptors (Lipinski definition) is 10. The maximum Gasteiger partial charge on any atom is 0.359 e. The summed E-state index contributed by atoms with van der Waals surface area (Å²) in [5.74, 6) is -6.65. The molecule has 0 amide bonds. The molecule has 1 aliphatic heterocycles. The highest BCUT2D eigenvalue weighted by Gasteiger charge is 2.88. The van der Waals surface area contributed by atoms with E-state index in [1.807, 2.05) is 0 Å². The van der Waals surface area contributed by atoms with Gasteiger partial charge in [0.15, 0.2) is 28.7 Å². The molecule has 142 valence electrons. The Morgan fingerprint density at radius 2 is 1.12 bits per heavy atom. The van der Waals surface area contributed by atoms with Crippen LogP contribution in [0.2, 0.25) is 0 Å². The first-order chi connectivity index (χ1) is 11.0. The number of alkyl halides is 1. The summed E-state index contributed by atoms with van der Waals surface area (Å²) in [4.78, 5) is 48.0. The maximum atomic E-state index is 14.7. The molecule has 1 aliphatic rings. The summed E-state index contributed by atoms with van der Waals surface area (Å²) < 4.78 is 19.0. The molecule has 10 nitrogen and oxygen atoms in total. The number of aliphatic hydroxyl groups is 5. The van der Waals surface area contributed by atoms with E-state index in [1.54, 1.807) is 0 Å². The van der Waals surface area contributed by atoms with Crippen LogP contribution >= 0.6 is 0 Å². The number of ether oxygens (including phenoxy) is 1. The van der Waals surface area contributed by atoms with Crippen LogP contribution in [0.3, 0.4) is 0 Å². The Hall–Kier alpha value is -1.63. The smallest absolute Gasteiger partial charge is 0.359 e. The van der Waals surface area contributed by atoms with Crippen molar-refractivity contribution in [1.29, 1.82) is 0 Å². The number of carbonyl (C=O) groups is 4. The third kappa shape index (κ3) is 2.05. The van der Waals surface area contributed by atoms with E-state index < -0.39 is 58.2 Å². The van der Waals surface area contributed by atoms with Crippen molar-refractivity contribution in [2.75, 3.05) is 6.61 Å². The van der Waals surface area contributed by atoms with Gasteiger partial charge in [-0.25, -0.2) is 0 Å². The molecular weight excluding hydrogens is 347 g/mol. The Labute approximate surface area is 140 Å². The molecule has 0 spiro atoms. The van der Waals surface area contributed by atoms with Crippen LogP contribution in [0.25, 0.3) is 0 Å². The lowest BCUT2D eigenvalue weighted by Gasteiger charge is -2.61. The molecule has 25 heavy (non-hydrogen) atoms. The first-order valence-corrected chi connectivity index (χ1v) is 6.98. The molecule has 0 bridgehead atoms. The number of halogens is 1. The van der Waals surface area contributed by atoms with Gasteiger partial charge in [-0.2, -0.15) is 4.39 Å². The Morgan fingerprint density at radius 3 is 1.36 bits per heavy atom. The largest absolute Gasteiger partial charge is 0.393 e. The van der Waals surface area contributed by atoms with Gasteiger partial charge in [-0.15, -0.1) is 0 Å². The van der Waals surface area contributed by atoms with Crippen LogP contribution in [0.5, 0.6) is 0 Å². The van der Waals surface area contributed by atoms with Gasteiger partial charge in [0, 0.05) is 0 Å². The number of carbonyl (C=O) groups excluding carboxylic acids is 4. The fourth-order valence-corrected chi connectivity index (χ4v) is 3.26. The van der Waals surface area contributed by atoms with Gasteiger partial charge in [-0.1, -0.05) is 0 Å². The van der Waals surface area contributed by atoms with Crippen LogP contribution in [-0.4, -0.2) is 83.7 Å². The molecule has 1 fully saturated rings. The first-order valence-electron chi connectivity index (χ1n) is 6.98. The molecule has 5 atom stereocenters. The van der Waals surface area contributed by atoms with Crippen molar-refractivity contribution in [3.05, 3.63) is 0 Å². The van der Waals surface area contributed by atoms with Crippen molar-refractivity contribution < 1.29 is 53.8 Å². The Balaban J connectivity index is 4.21. The highest BCUT2D eigenvalue weighted by atomic mass is 19.2. The summed E-state index contributed by atoms with van der Waals surface area (Å²) in [6.07, 6.45) is 0. The summed E-state index contributed by atoms with van der Waals surface area (Å²) in [7, 11) is 0. The number of ketones is 4. The van der Waals surface area contributed by atoms with E-state index in [0.29, 0.717) is 27.7 Å². The van der Waals surface area contributed by atoms with Gasteiger partial charge in [0.1, 0.15) is 0 Å². The van der Waals surface area contributed by atoms with Crippen LogP contribution in [0.4, 0.5) is 4.39 Å². The fourth-order valence-electron chi connectivity index (χ4n) is 3.26. The third-order valence-electron chi connectivity index (χ3n) is 4.71. The zero-order valence-corrected chi connectivity index (χ0v) is 13.9. The number of Topliss-reactive ketones (excluding diaryl/α,β-unsaturated/α-hetero) is 4. The predicted octanol–water partition coefficient (Wildman–Crippen LogP) is -3.09. The van der Waals surface area contributed by atoms with E-state index in [1.165, 1.54) is 0 Å². The second-order valence-corrected chi connectivity index (χ2v) is 6.00. The van der Waals surface area contributed by atoms with Gasteiger partial charge in [-0.3, -0.25) is 19.2 Å². The zero-order valence-electron chi connectivity index (χ0n) is 13.9. The van der Waals surface area contributed by atoms with Crippen LogP contribution in [0.15, 0.2) is 0 Å². The van der Waals surface area contributed by atoms with Crippen molar-refractivity contribution in [2.45, 2.75) is 56.1 Å². The van der Waals surface area contributed by atoms with Gasteiger partial charge in [-0.05, 0) is 27.7 Å². The molecule has 0 aliphatic carbocycles. The molecule has 0 aromatic carbocycles. The van der Waals surface area contributed by atoms with Gasteiger partial charge >= 0.3 is 6.04 Å². The molecule has 0 aromatic heterocycles. The molecule has 1 rings (SSSR count). The van der Waals surface area contributed by atoms with Crippen molar-refractivity contribution in [2.24, 2.45) is 0 Å². The highest BCUT2D eigenvalue weighted by molar-refractivity contribution is 6.09. The Kier molecular flexibility index (Phi) is 4.87. The minimum absolute atomic E-state index is 0.433. The van der Waals surface area contributed by atoms with Crippen LogP contribution in [-0.2, 0) is 23.9 Å². The Bertz CT molecular complexity index is 660. The normalized spacial score (nSPS) is 44.2. The van der Waals surface area contributed by atoms with Gasteiger partial charge in [0.05, 0.1) is 6.61 Å². The summed E-state index contributed by atoms with van der Waals surface area (Å²) in [6, 6.07) is -4.63. The van der Waals surface area contributed by atoms with Crippen molar-refractivity contribution in [3.63, 3.8) is 0 Å². The topological polar surface area (TPSA) is 179 Å². The number of hydrogen-bond donors (Lipinski definition) is 5. The van der Waals surface area contributed by atoms with Crippen molar-refractivity contribution in [3.8, 4) is 0 Å². The Morgan fingerprint density at radius 1 is 0.760 bits per heavy atom. The predicted molar refractivity (Wildman–Crippen MR) is 74.5 cm³/mol.